The van der Waals surface area contributed by atoms with Gasteiger partial charge in [0.25, 0.3) is 0 Å². The van der Waals surface area contributed by atoms with Crippen LogP contribution in [0.15, 0.2) is 84.9 Å². The molecule has 0 heterocycles. The fourth-order valence-corrected chi connectivity index (χ4v) is 4.41. The number of benzene rings is 4. The Kier molecular flexibility index (Phi) is 11.6. The lowest BCUT2D eigenvalue weighted by Crippen LogP contribution is -2.29. The van der Waals surface area contributed by atoms with Crippen molar-refractivity contribution in [2.24, 2.45) is 0 Å². The highest BCUT2D eigenvalue weighted by Crippen LogP contribution is 2.21. The summed E-state index contributed by atoms with van der Waals surface area (Å²) in [5, 5.41) is 8.16. The molecule has 0 fully saturated rings. The van der Waals surface area contributed by atoms with Crippen molar-refractivity contribution in [1.29, 1.82) is 0 Å². The summed E-state index contributed by atoms with van der Waals surface area (Å²) in [7, 11) is 3.53. The maximum atomic E-state index is 6.13. The lowest BCUT2D eigenvalue weighted by Gasteiger charge is -2.18. The monoisotopic (exact) mass is 586 g/mol. The SMILES string of the molecule is Cc1cc(NC(C)O[B]c2cccc(COCc3ccccc3[B]OC(C)Nc3ccc(Cl)c(C)c3)c2)ccc1Cl. The Labute approximate surface area is 255 Å². The quantitative estimate of drug-likeness (QED) is 0.126. The second-order valence-corrected chi connectivity index (χ2v) is 10.8. The van der Waals surface area contributed by atoms with Crippen LogP contribution in [-0.2, 0) is 27.3 Å². The third-order valence-corrected chi connectivity index (χ3v) is 7.24. The molecule has 2 N–H and O–H groups in total. The van der Waals surface area contributed by atoms with E-state index in [9.17, 15) is 0 Å². The molecule has 0 aliphatic heterocycles. The number of hydrogen-bond acceptors (Lipinski definition) is 5. The van der Waals surface area contributed by atoms with Crippen LogP contribution in [-0.4, -0.2) is 27.4 Å². The molecular formula is C32H34B2Cl2N2O3. The molecule has 0 amide bonds. The summed E-state index contributed by atoms with van der Waals surface area (Å²) in [6, 6.07) is 27.8. The van der Waals surface area contributed by atoms with E-state index in [2.05, 4.69) is 16.7 Å². The van der Waals surface area contributed by atoms with E-state index < -0.39 is 0 Å². The number of hydrogen-bond donors (Lipinski definition) is 2. The van der Waals surface area contributed by atoms with Gasteiger partial charge in [0.1, 0.15) is 12.5 Å². The van der Waals surface area contributed by atoms with E-state index in [1.165, 1.54) is 0 Å². The van der Waals surface area contributed by atoms with Crippen molar-refractivity contribution in [2.75, 3.05) is 10.6 Å². The predicted octanol–water partition coefficient (Wildman–Crippen LogP) is 6.77. The summed E-state index contributed by atoms with van der Waals surface area (Å²) < 4.78 is 17.9. The Hall–Kier alpha value is -2.93. The molecule has 41 heavy (non-hydrogen) atoms. The van der Waals surface area contributed by atoms with Crippen LogP contribution in [0.3, 0.4) is 0 Å². The Bertz CT molecular complexity index is 1440. The summed E-state index contributed by atoms with van der Waals surface area (Å²) in [5.74, 6) is 0. The normalized spacial score (nSPS) is 12.4. The molecular weight excluding hydrogens is 553 g/mol. The maximum absolute atomic E-state index is 6.13. The van der Waals surface area contributed by atoms with Crippen LogP contribution >= 0.6 is 23.2 Å². The lowest BCUT2D eigenvalue weighted by molar-refractivity contribution is 0.107. The van der Waals surface area contributed by atoms with Crippen molar-refractivity contribution < 1.29 is 14.0 Å². The summed E-state index contributed by atoms with van der Waals surface area (Å²) in [5.41, 5.74) is 7.99. The topological polar surface area (TPSA) is 51.8 Å². The Morgan fingerprint density at radius 3 is 1.93 bits per heavy atom. The van der Waals surface area contributed by atoms with Crippen LogP contribution in [0.2, 0.25) is 10.0 Å². The number of rotatable bonds is 14. The van der Waals surface area contributed by atoms with E-state index in [4.69, 9.17) is 37.2 Å². The molecule has 0 aromatic heterocycles. The standard InChI is InChI=1S/C32H34B2Cl2N2O3/c1-21-16-28(12-14-31(21)35)37-23(3)40-33-27-10-7-8-25(18-27)19-39-20-26-9-5-6-11-30(26)34-41-24(4)38-29-13-15-32(36)22(2)17-29/h5-18,23-24,37-38H,19-20H2,1-4H3. The zero-order valence-electron chi connectivity index (χ0n) is 23.8. The zero-order valence-corrected chi connectivity index (χ0v) is 25.3. The second kappa shape index (κ2) is 15.3. The first-order valence-electron chi connectivity index (χ1n) is 13.5. The molecule has 2 atom stereocenters. The Morgan fingerprint density at radius 2 is 1.29 bits per heavy atom. The summed E-state index contributed by atoms with van der Waals surface area (Å²) in [4.78, 5) is 0. The number of ether oxygens (including phenoxy) is 1. The molecule has 0 aliphatic carbocycles. The molecule has 4 aromatic rings. The molecule has 4 rings (SSSR count). The van der Waals surface area contributed by atoms with Gasteiger partial charge in [0.05, 0.1) is 13.2 Å². The van der Waals surface area contributed by atoms with E-state index in [-0.39, 0.29) is 12.5 Å². The van der Waals surface area contributed by atoms with Crippen LogP contribution in [0.25, 0.3) is 0 Å². The van der Waals surface area contributed by atoms with E-state index in [0.29, 0.717) is 13.2 Å². The van der Waals surface area contributed by atoms with Crippen molar-refractivity contribution in [2.45, 2.75) is 53.4 Å². The number of halogens is 2. The molecule has 0 bridgehead atoms. The van der Waals surface area contributed by atoms with Crippen LogP contribution in [0.4, 0.5) is 11.4 Å². The minimum Gasteiger partial charge on any atom is -0.416 e. The first-order valence-corrected chi connectivity index (χ1v) is 14.3. The van der Waals surface area contributed by atoms with Gasteiger partial charge in [-0.15, -0.1) is 0 Å². The molecule has 210 valence electrons. The third kappa shape index (κ3) is 9.84. The van der Waals surface area contributed by atoms with Gasteiger partial charge in [-0.05, 0) is 91.8 Å². The van der Waals surface area contributed by atoms with E-state index in [0.717, 1.165) is 54.6 Å². The minimum atomic E-state index is -0.223. The number of aryl methyl sites for hydroxylation is 2. The largest absolute Gasteiger partial charge is 0.416 e. The van der Waals surface area contributed by atoms with Gasteiger partial charge >= 0.3 is 15.0 Å². The Morgan fingerprint density at radius 1 is 0.683 bits per heavy atom. The molecule has 2 unspecified atom stereocenters. The highest BCUT2D eigenvalue weighted by atomic mass is 35.5. The first kappa shape index (κ1) is 31.0. The van der Waals surface area contributed by atoms with Crippen molar-refractivity contribution in [3.8, 4) is 0 Å². The molecule has 0 aliphatic rings. The average molecular weight is 587 g/mol. The fourth-order valence-electron chi connectivity index (χ4n) is 4.18. The molecule has 2 radical (unpaired) electrons. The zero-order chi connectivity index (χ0) is 29.2. The predicted molar refractivity (Wildman–Crippen MR) is 173 cm³/mol. The fraction of sp³-hybridized carbons (Fsp3) is 0.250. The van der Waals surface area contributed by atoms with Crippen molar-refractivity contribution in [3.05, 3.63) is 117 Å². The number of anilines is 2. The highest BCUT2D eigenvalue weighted by Gasteiger charge is 2.10. The first-order chi connectivity index (χ1) is 19.8. The van der Waals surface area contributed by atoms with Crippen LogP contribution in [0.1, 0.15) is 36.1 Å². The smallest absolute Gasteiger partial charge is 0.333 e. The van der Waals surface area contributed by atoms with E-state index in [1.54, 1.807) is 15.0 Å². The van der Waals surface area contributed by atoms with Crippen LogP contribution < -0.4 is 21.6 Å². The van der Waals surface area contributed by atoms with Gasteiger partial charge in [-0.2, -0.15) is 0 Å². The van der Waals surface area contributed by atoms with Gasteiger partial charge in [0.15, 0.2) is 0 Å². The van der Waals surface area contributed by atoms with Gasteiger partial charge in [0, 0.05) is 21.4 Å². The second-order valence-electron chi connectivity index (χ2n) is 9.95. The summed E-state index contributed by atoms with van der Waals surface area (Å²) in [6.07, 6.45) is -0.433. The number of nitrogens with one attached hydrogen (secondary N) is 2. The van der Waals surface area contributed by atoms with Gasteiger partial charge in [-0.1, -0.05) is 77.2 Å². The summed E-state index contributed by atoms with van der Waals surface area (Å²) >= 11 is 12.3. The average Bonchev–Trinajstić information content (AvgIpc) is 2.95. The molecule has 4 aromatic carbocycles. The van der Waals surface area contributed by atoms with Gasteiger partial charge in [-0.3, -0.25) is 0 Å². The third-order valence-electron chi connectivity index (χ3n) is 6.40. The van der Waals surface area contributed by atoms with E-state index in [1.807, 2.05) is 107 Å². The van der Waals surface area contributed by atoms with Gasteiger partial charge in [-0.25, -0.2) is 0 Å². The maximum Gasteiger partial charge on any atom is 0.333 e. The molecule has 0 spiro atoms. The molecule has 9 heteroatoms. The van der Waals surface area contributed by atoms with Crippen LogP contribution in [0.5, 0.6) is 0 Å². The van der Waals surface area contributed by atoms with Crippen molar-refractivity contribution >= 4 is 60.5 Å². The molecule has 0 saturated heterocycles. The Balaban J connectivity index is 1.23. The van der Waals surface area contributed by atoms with Gasteiger partial charge in [0.2, 0.25) is 0 Å². The minimum absolute atomic E-state index is 0.210. The van der Waals surface area contributed by atoms with Crippen LogP contribution in [0, 0.1) is 13.8 Å². The lowest BCUT2D eigenvalue weighted by atomic mass is 9.84. The summed E-state index contributed by atoms with van der Waals surface area (Å²) in [6.45, 7) is 8.81. The van der Waals surface area contributed by atoms with Crippen molar-refractivity contribution in [3.63, 3.8) is 0 Å². The molecule has 0 saturated carbocycles. The van der Waals surface area contributed by atoms with Crippen molar-refractivity contribution in [1.82, 2.24) is 0 Å². The highest BCUT2D eigenvalue weighted by molar-refractivity contribution is 6.47. The van der Waals surface area contributed by atoms with E-state index >= 15 is 0 Å². The molecule has 5 nitrogen and oxygen atoms in total. The van der Waals surface area contributed by atoms with Gasteiger partial charge < -0.3 is 24.7 Å².